The van der Waals surface area contributed by atoms with E-state index in [1.807, 2.05) is 19.1 Å². The van der Waals surface area contributed by atoms with Gasteiger partial charge in [0.2, 0.25) is 0 Å². The summed E-state index contributed by atoms with van der Waals surface area (Å²) < 4.78 is 5.70. The molecule has 0 aliphatic carbocycles. The van der Waals surface area contributed by atoms with E-state index in [0.29, 0.717) is 27.8 Å². The van der Waals surface area contributed by atoms with E-state index in [2.05, 4.69) is 0 Å². The van der Waals surface area contributed by atoms with Crippen LogP contribution in [0.15, 0.2) is 36.4 Å². The molecular weight excluding hydrogens is 262 g/mol. The maximum absolute atomic E-state index is 11.4. The number of halogens is 1. The van der Waals surface area contributed by atoms with Crippen molar-refractivity contribution in [1.82, 2.24) is 0 Å². The smallest absolute Gasteiger partial charge is 0.162 e. The predicted molar refractivity (Wildman–Crippen MR) is 77.1 cm³/mol. The third kappa shape index (κ3) is 3.06. The molecule has 0 bridgehead atoms. The second kappa shape index (κ2) is 5.33. The molecule has 0 aromatic heterocycles. The van der Waals surface area contributed by atoms with E-state index in [1.165, 1.54) is 6.92 Å². The molecule has 0 saturated heterocycles. The molecule has 98 valence electrons. The van der Waals surface area contributed by atoms with Crippen LogP contribution in [0, 0.1) is 6.92 Å². The number of benzene rings is 2. The van der Waals surface area contributed by atoms with E-state index in [9.17, 15) is 4.79 Å². The number of ketones is 1. The van der Waals surface area contributed by atoms with Gasteiger partial charge in [0.1, 0.15) is 11.5 Å². The van der Waals surface area contributed by atoms with Gasteiger partial charge in [-0.3, -0.25) is 4.79 Å². The first-order valence-corrected chi connectivity index (χ1v) is 6.19. The number of hydrogen-bond acceptors (Lipinski definition) is 3. The second-order valence-electron chi connectivity index (χ2n) is 4.34. The zero-order valence-electron chi connectivity index (χ0n) is 10.7. The van der Waals surface area contributed by atoms with Crippen LogP contribution >= 0.6 is 11.6 Å². The molecule has 0 aliphatic heterocycles. The molecule has 0 saturated carbocycles. The number of Topliss-reactive ketones (excluding diaryl/α,β-unsaturated/α-hetero) is 1. The Morgan fingerprint density at radius 2 is 1.95 bits per heavy atom. The summed E-state index contributed by atoms with van der Waals surface area (Å²) in [5.74, 6) is 0.992. The van der Waals surface area contributed by atoms with Gasteiger partial charge in [-0.1, -0.05) is 17.7 Å². The largest absolute Gasteiger partial charge is 0.456 e. The van der Waals surface area contributed by atoms with Crippen LogP contribution in [0.3, 0.4) is 0 Å². The van der Waals surface area contributed by atoms with Gasteiger partial charge in [0.25, 0.3) is 0 Å². The number of aryl methyl sites for hydroxylation is 1. The minimum absolute atomic E-state index is 0.0988. The van der Waals surface area contributed by atoms with Crippen LogP contribution in [0.2, 0.25) is 5.02 Å². The maximum atomic E-state index is 11.4. The van der Waals surface area contributed by atoms with Crippen molar-refractivity contribution in [3.8, 4) is 11.5 Å². The number of carbonyl (C=O) groups is 1. The number of ether oxygens (including phenoxy) is 1. The first-order chi connectivity index (χ1) is 8.97. The number of carbonyl (C=O) groups excluding carboxylic acids is 1. The third-order valence-corrected chi connectivity index (χ3v) is 3.03. The fourth-order valence-electron chi connectivity index (χ4n) is 1.72. The van der Waals surface area contributed by atoms with Gasteiger partial charge in [-0.15, -0.1) is 0 Å². The van der Waals surface area contributed by atoms with Crippen LogP contribution in [0.25, 0.3) is 0 Å². The molecule has 4 heteroatoms. The Morgan fingerprint density at radius 1 is 1.21 bits per heavy atom. The summed E-state index contributed by atoms with van der Waals surface area (Å²) in [7, 11) is 0. The van der Waals surface area contributed by atoms with Crippen LogP contribution in [0.4, 0.5) is 5.69 Å². The van der Waals surface area contributed by atoms with Gasteiger partial charge in [0.05, 0.1) is 5.02 Å². The Kier molecular flexibility index (Phi) is 3.76. The van der Waals surface area contributed by atoms with E-state index in [4.69, 9.17) is 22.1 Å². The van der Waals surface area contributed by atoms with Crippen LogP contribution < -0.4 is 10.5 Å². The van der Waals surface area contributed by atoms with Crippen molar-refractivity contribution in [2.75, 3.05) is 5.73 Å². The average Bonchev–Trinajstić information content (AvgIpc) is 2.36. The van der Waals surface area contributed by atoms with Crippen molar-refractivity contribution in [2.45, 2.75) is 13.8 Å². The molecule has 0 aliphatic rings. The summed E-state index contributed by atoms with van der Waals surface area (Å²) >= 11 is 6.06. The Morgan fingerprint density at radius 3 is 2.63 bits per heavy atom. The summed E-state index contributed by atoms with van der Waals surface area (Å²) in [6.45, 7) is 3.42. The highest BCUT2D eigenvalue weighted by Gasteiger charge is 2.09. The highest BCUT2D eigenvalue weighted by Crippen LogP contribution is 2.31. The Bertz CT molecular complexity index is 638. The zero-order valence-corrected chi connectivity index (χ0v) is 11.5. The quantitative estimate of drug-likeness (QED) is 0.674. The summed E-state index contributed by atoms with van der Waals surface area (Å²) in [4.78, 5) is 11.4. The van der Waals surface area contributed by atoms with Gasteiger partial charge in [0.15, 0.2) is 5.78 Å². The van der Waals surface area contributed by atoms with E-state index in [0.717, 1.165) is 5.56 Å². The molecule has 2 N–H and O–H groups in total. The topological polar surface area (TPSA) is 52.3 Å². The summed E-state index contributed by atoms with van der Waals surface area (Å²) in [6, 6.07) is 10.5. The van der Waals surface area contributed by atoms with Crippen LogP contribution in [-0.2, 0) is 0 Å². The van der Waals surface area contributed by atoms with Gasteiger partial charge in [-0.05, 0) is 49.7 Å². The van der Waals surface area contributed by atoms with E-state index < -0.39 is 0 Å². The van der Waals surface area contributed by atoms with Crippen molar-refractivity contribution in [3.63, 3.8) is 0 Å². The molecular formula is C15H14ClNO2. The molecule has 0 fully saturated rings. The number of anilines is 1. The maximum Gasteiger partial charge on any atom is 0.162 e. The fourth-order valence-corrected chi connectivity index (χ4v) is 1.88. The molecule has 0 heterocycles. The Hall–Kier alpha value is -2.00. The normalized spacial score (nSPS) is 10.3. The molecule has 3 nitrogen and oxygen atoms in total. The molecule has 2 aromatic rings. The lowest BCUT2D eigenvalue weighted by molar-refractivity contribution is 0.101. The predicted octanol–water partition coefficient (Wildman–Crippen LogP) is 4.23. The van der Waals surface area contributed by atoms with E-state index in [1.54, 1.807) is 24.3 Å². The zero-order chi connectivity index (χ0) is 14.0. The monoisotopic (exact) mass is 275 g/mol. The molecule has 2 rings (SSSR count). The molecule has 0 atom stereocenters. The highest BCUT2D eigenvalue weighted by atomic mass is 35.5. The van der Waals surface area contributed by atoms with Crippen LogP contribution in [0.1, 0.15) is 22.8 Å². The average molecular weight is 276 g/mol. The highest BCUT2D eigenvalue weighted by molar-refractivity contribution is 6.32. The van der Waals surface area contributed by atoms with Gasteiger partial charge in [-0.2, -0.15) is 0 Å². The first-order valence-electron chi connectivity index (χ1n) is 5.82. The first kappa shape index (κ1) is 13.4. The van der Waals surface area contributed by atoms with Crippen LogP contribution in [0.5, 0.6) is 11.5 Å². The van der Waals surface area contributed by atoms with Crippen molar-refractivity contribution in [1.29, 1.82) is 0 Å². The molecule has 19 heavy (non-hydrogen) atoms. The van der Waals surface area contributed by atoms with Gasteiger partial charge in [-0.25, -0.2) is 0 Å². The molecule has 0 amide bonds. The number of nitrogen functional groups attached to an aromatic ring is 1. The number of rotatable bonds is 3. The standard InChI is InChI=1S/C15H14ClNO2/c1-9-3-5-13(16)15(7-9)19-11-4-6-14(17)12(8-11)10(2)18/h3-8H,17H2,1-2H3. The lowest BCUT2D eigenvalue weighted by atomic mass is 10.1. The van der Waals surface area contributed by atoms with Gasteiger partial charge >= 0.3 is 0 Å². The molecule has 0 radical (unpaired) electrons. The minimum Gasteiger partial charge on any atom is -0.456 e. The summed E-state index contributed by atoms with van der Waals surface area (Å²) in [5.41, 5.74) is 7.66. The van der Waals surface area contributed by atoms with Crippen molar-refractivity contribution >= 4 is 23.1 Å². The Balaban J connectivity index is 2.36. The van der Waals surface area contributed by atoms with Crippen molar-refractivity contribution < 1.29 is 9.53 Å². The Labute approximate surface area is 117 Å². The second-order valence-corrected chi connectivity index (χ2v) is 4.75. The van der Waals surface area contributed by atoms with E-state index >= 15 is 0 Å². The lowest BCUT2D eigenvalue weighted by Crippen LogP contribution is -2.00. The van der Waals surface area contributed by atoms with Crippen molar-refractivity contribution in [3.05, 3.63) is 52.5 Å². The molecule has 0 unspecified atom stereocenters. The third-order valence-electron chi connectivity index (χ3n) is 2.72. The molecule has 2 aromatic carbocycles. The number of hydrogen-bond donors (Lipinski definition) is 1. The lowest BCUT2D eigenvalue weighted by Gasteiger charge is -2.10. The SMILES string of the molecule is CC(=O)c1cc(Oc2cc(C)ccc2Cl)ccc1N. The summed E-state index contributed by atoms with van der Waals surface area (Å²) in [5, 5.41) is 0.520. The van der Waals surface area contributed by atoms with Gasteiger partial charge in [0, 0.05) is 11.3 Å². The fraction of sp³-hybridized carbons (Fsp3) is 0.133. The minimum atomic E-state index is -0.0988. The number of nitrogens with two attached hydrogens (primary N) is 1. The van der Waals surface area contributed by atoms with E-state index in [-0.39, 0.29) is 5.78 Å². The van der Waals surface area contributed by atoms with Crippen molar-refractivity contribution in [2.24, 2.45) is 0 Å². The van der Waals surface area contributed by atoms with Crippen LogP contribution in [-0.4, -0.2) is 5.78 Å². The molecule has 0 spiro atoms. The summed E-state index contributed by atoms with van der Waals surface area (Å²) in [6.07, 6.45) is 0. The van der Waals surface area contributed by atoms with Gasteiger partial charge < -0.3 is 10.5 Å².